The second-order valence-corrected chi connectivity index (χ2v) is 4.35. The number of rotatable bonds is 3. The first-order valence-corrected chi connectivity index (χ1v) is 6.17. The Morgan fingerprint density at radius 3 is 2.84 bits per heavy atom. The van der Waals surface area contributed by atoms with Crippen LogP contribution in [0.5, 0.6) is 11.5 Å². The van der Waals surface area contributed by atoms with Crippen LogP contribution in [0.2, 0.25) is 0 Å². The van der Waals surface area contributed by atoms with E-state index in [9.17, 15) is 0 Å². The lowest BCUT2D eigenvalue weighted by Crippen LogP contribution is -2.21. The van der Waals surface area contributed by atoms with Gasteiger partial charge in [0.05, 0.1) is 6.04 Å². The molecule has 0 radical (unpaired) electrons. The van der Waals surface area contributed by atoms with Crippen LogP contribution in [-0.2, 0) is 0 Å². The van der Waals surface area contributed by atoms with Gasteiger partial charge in [-0.25, -0.2) is 0 Å². The van der Waals surface area contributed by atoms with Gasteiger partial charge in [-0.05, 0) is 26.1 Å². The highest BCUT2D eigenvalue weighted by molar-refractivity contribution is 5.40. The number of nitrogens with zero attached hydrogens (tertiary/aromatic N) is 2. The Morgan fingerprint density at radius 2 is 2.05 bits per heavy atom. The maximum absolute atomic E-state index is 5.80. The van der Waals surface area contributed by atoms with Crippen molar-refractivity contribution < 1.29 is 13.9 Å². The van der Waals surface area contributed by atoms with E-state index in [-0.39, 0.29) is 12.1 Å². The molecule has 0 fully saturated rings. The quantitative estimate of drug-likeness (QED) is 0.909. The number of benzene rings is 1. The maximum atomic E-state index is 5.80. The number of hydrogen-bond donors (Lipinski definition) is 1. The highest BCUT2D eigenvalue weighted by Gasteiger charge is 2.27. The molecule has 6 heteroatoms. The van der Waals surface area contributed by atoms with Crippen molar-refractivity contribution in [2.45, 2.75) is 19.1 Å². The van der Waals surface area contributed by atoms with Crippen molar-refractivity contribution in [3.8, 4) is 11.5 Å². The van der Waals surface area contributed by atoms with Gasteiger partial charge in [0, 0.05) is 0 Å². The minimum atomic E-state index is -0.361. The van der Waals surface area contributed by atoms with E-state index in [4.69, 9.17) is 13.9 Å². The van der Waals surface area contributed by atoms with Crippen LogP contribution in [0, 0.1) is 0 Å². The third kappa shape index (κ3) is 2.26. The standard InChI is InChI=1S/C13H15N3O3/c1-8(14-2)12-15-16-13(19-12)11-7-17-9-5-3-4-6-10(9)18-11/h3-6,8,11,14H,7H2,1-2H3. The summed E-state index contributed by atoms with van der Waals surface area (Å²) in [6.45, 7) is 2.32. The van der Waals surface area contributed by atoms with E-state index in [0.717, 1.165) is 5.75 Å². The minimum absolute atomic E-state index is 0.0121. The fraction of sp³-hybridized carbons (Fsp3) is 0.385. The van der Waals surface area contributed by atoms with Gasteiger partial charge in [0.1, 0.15) is 6.61 Å². The van der Waals surface area contributed by atoms with Crippen molar-refractivity contribution in [2.24, 2.45) is 0 Å². The highest BCUT2D eigenvalue weighted by Crippen LogP contribution is 2.35. The minimum Gasteiger partial charge on any atom is -0.485 e. The molecule has 2 aromatic rings. The molecule has 2 atom stereocenters. The zero-order valence-corrected chi connectivity index (χ0v) is 10.8. The van der Waals surface area contributed by atoms with Gasteiger partial charge >= 0.3 is 0 Å². The smallest absolute Gasteiger partial charge is 0.260 e. The molecule has 2 unspecified atom stereocenters. The van der Waals surface area contributed by atoms with E-state index in [2.05, 4.69) is 15.5 Å². The zero-order chi connectivity index (χ0) is 13.2. The third-order valence-electron chi connectivity index (χ3n) is 3.04. The molecule has 0 amide bonds. The van der Waals surface area contributed by atoms with Crippen LogP contribution < -0.4 is 14.8 Å². The zero-order valence-electron chi connectivity index (χ0n) is 10.8. The fourth-order valence-electron chi connectivity index (χ4n) is 1.82. The topological polar surface area (TPSA) is 69.4 Å². The monoisotopic (exact) mass is 261 g/mol. The number of nitrogens with one attached hydrogen (secondary N) is 1. The number of para-hydroxylation sites is 2. The van der Waals surface area contributed by atoms with Gasteiger partial charge in [0.2, 0.25) is 12.0 Å². The molecule has 0 saturated heterocycles. The van der Waals surface area contributed by atoms with Crippen molar-refractivity contribution in [1.82, 2.24) is 15.5 Å². The molecular weight excluding hydrogens is 246 g/mol. The second kappa shape index (κ2) is 4.89. The predicted octanol–water partition coefficient (Wildman–Crippen LogP) is 1.86. The van der Waals surface area contributed by atoms with Crippen LogP contribution >= 0.6 is 0 Å². The molecule has 1 aromatic heterocycles. The molecule has 100 valence electrons. The summed E-state index contributed by atoms with van der Waals surface area (Å²) in [5, 5.41) is 11.1. The summed E-state index contributed by atoms with van der Waals surface area (Å²) >= 11 is 0. The molecule has 1 N–H and O–H groups in total. The summed E-state index contributed by atoms with van der Waals surface area (Å²) in [6, 6.07) is 7.54. The van der Waals surface area contributed by atoms with Gasteiger partial charge in [-0.1, -0.05) is 12.1 Å². The fourth-order valence-corrected chi connectivity index (χ4v) is 1.82. The maximum Gasteiger partial charge on any atom is 0.260 e. The van der Waals surface area contributed by atoms with Crippen molar-refractivity contribution >= 4 is 0 Å². The molecule has 1 aliphatic rings. The Balaban J connectivity index is 1.79. The molecule has 0 saturated carbocycles. The van der Waals surface area contributed by atoms with Gasteiger partial charge in [-0.3, -0.25) is 0 Å². The first-order valence-electron chi connectivity index (χ1n) is 6.17. The Morgan fingerprint density at radius 1 is 1.26 bits per heavy atom. The summed E-state index contributed by atoms with van der Waals surface area (Å²) in [4.78, 5) is 0. The lowest BCUT2D eigenvalue weighted by atomic mass is 10.2. The SMILES string of the molecule is CNC(C)c1nnc(C2COc3ccccc3O2)o1. The summed E-state index contributed by atoms with van der Waals surface area (Å²) in [5.74, 6) is 2.41. The van der Waals surface area contributed by atoms with E-state index < -0.39 is 0 Å². The number of fused-ring (bicyclic) bond motifs is 1. The molecule has 0 bridgehead atoms. The Hall–Kier alpha value is -2.08. The number of ether oxygens (including phenoxy) is 2. The van der Waals surface area contributed by atoms with Crippen molar-refractivity contribution in [1.29, 1.82) is 0 Å². The average molecular weight is 261 g/mol. The molecule has 1 aromatic carbocycles. The normalized spacial score (nSPS) is 19.2. The third-order valence-corrected chi connectivity index (χ3v) is 3.04. The van der Waals surface area contributed by atoms with Gasteiger partial charge in [0.15, 0.2) is 11.5 Å². The van der Waals surface area contributed by atoms with Gasteiger partial charge in [0.25, 0.3) is 5.89 Å². The van der Waals surface area contributed by atoms with Crippen LogP contribution in [0.3, 0.4) is 0 Å². The summed E-state index contributed by atoms with van der Waals surface area (Å²) in [7, 11) is 1.84. The van der Waals surface area contributed by atoms with Gasteiger partial charge in [-0.2, -0.15) is 0 Å². The van der Waals surface area contributed by atoms with Crippen molar-refractivity contribution in [3.63, 3.8) is 0 Å². The van der Waals surface area contributed by atoms with Crippen molar-refractivity contribution in [3.05, 3.63) is 36.0 Å². The molecule has 6 nitrogen and oxygen atoms in total. The Labute approximate surface area is 110 Å². The molecule has 0 spiro atoms. The number of hydrogen-bond acceptors (Lipinski definition) is 6. The average Bonchev–Trinajstić information content (AvgIpc) is 2.95. The van der Waals surface area contributed by atoms with Crippen LogP contribution in [0.1, 0.15) is 30.9 Å². The van der Waals surface area contributed by atoms with Crippen LogP contribution in [0.25, 0.3) is 0 Å². The molecule has 0 aliphatic carbocycles. The Bertz CT molecular complexity index is 570. The summed E-state index contributed by atoms with van der Waals surface area (Å²) < 4.78 is 17.0. The van der Waals surface area contributed by atoms with Gasteiger partial charge < -0.3 is 19.2 Å². The molecule has 2 heterocycles. The lowest BCUT2D eigenvalue weighted by molar-refractivity contribution is 0.0699. The largest absolute Gasteiger partial charge is 0.485 e. The van der Waals surface area contributed by atoms with E-state index >= 15 is 0 Å². The van der Waals surface area contributed by atoms with E-state index in [1.807, 2.05) is 38.2 Å². The molecule has 3 rings (SSSR count). The van der Waals surface area contributed by atoms with Crippen LogP contribution in [0.15, 0.2) is 28.7 Å². The first kappa shape index (κ1) is 12.0. The molecular formula is C13H15N3O3. The lowest BCUT2D eigenvalue weighted by Gasteiger charge is -2.23. The molecule has 1 aliphatic heterocycles. The van der Waals surface area contributed by atoms with Crippen molar-refractivity contribution in [2.75, 3.05) is 13.7 Å². The van der Waals surface area contributed by atoms with E-state index in [1.54, 1.807) is 0 Å². The summed E-state index contributed by atoms with van der Waals surface area (Å²) in [6.07, 6.45) is -0.361. The van der Waals surface area contributed by atoms with Crippen LogP contribution in [-0.4, -0.2) is 23.9 Å². The first-order chi connectivity index (χ1) is 9.28. The predicted molar refractivity (Wildman–Crippen MR) is 67.1 cm³/mol. The van der Waals surface area contributed by atoms with Crippen LogP contribution in [0.4, 0.5) is 0 Å². The Kier molecular flexibility index (Phi) is 3.08. The highest BCUT2D eigenvalue weighted by atomic mass is 16.6. The second-order valence-electron chi connectivity index (χ2n) is 4.35. The van der Waals surface area contributed by atoms with Gasteiger partial charge in [-0.15, -0.1) is 10.2 Å². The van der Waals surface area contributed by atoms with E-state index in [1.165, 1.54) is 0 Å². The van der Waals surface area contributed by atoms with E-state index in [0.29, 0.717) is 24.1 Å². The summed E-state index contributed by atoms with van der Waals surface area (Å²) in [5.41, 5.74) is 0. The molecule has 19 heavy (non-hydrogen) atoms. The number of aromatic nitrogens is 2.